The van der Waals surface area contributed by atoms with Gasteiger partial charge in [0, 0.05) is 11.1 Å². The van der Waals surface area contributed by atoms with Crippen LogP contribution in [-0.2, 0) is 16.1 Å². The Morgan fingerprint density at radius 3 is 2.73 bits per heavy atom. The van der Waals surface area contributed by atoms with Crippen LogP contribution in [0.1, 0.15) is 29.7 Å². The van der Waals surface area contributed by atoms with Crippen LogP contribution in [-0.4, -0.2) is 33.9 Å². The topological polar surface area (TPSA) is 88.4 Å². The van der Waals surface area contributed by atoms with Gasteiger partial charge in [0.2, 0.25) is 0 Å². The van der Waals surface area contributed by atoms with Crippen molar-refractivity contribution < 1.29 is 9.59 Å². The van der Waals surface area contributed by atoms with Crippen molar-refractivity contribution in [3.8, 4) is 0 Å². The number of hydrogen-bond donors (Lipinski definition) is 2. The first-order valence-electron chi connectivity index (χ1n) is 8.06. The predicted molar refractivity (Wildman–Crippen MR) is 99.4 cm³/mol. The number of carbonyl (C=O) groups excluding carboxylic acids is 2. The van der Waals surface area contributed by atoms with Crippen LogP contribution in [0.2, 0.25) is 10.2 Å². The van der Waals surface area contributed by atoms with E-state index >= 15 is 0 Å². The van der Waals surface area contributed by atoms with E-state index in [1.54, 1.807) is 17.7 Å². The van der Waals surface area contributed by atoms with Gasteiger partial charge in [-0.25, -0.2) is 10.1 Å². The van der Waals surface area contributed by atoms with Crippen LogP contribution in [0, 0.1) is 6.92 Å². The summed E-state index contributed by atoms with van der Waals surface area (Å²) >= 11 is 12.5. The van der Waals surface area contributed by atoms with Crippen LogP contribution in [0.4, 0.5) is 0 Å². The van der Waals surface area contributed by atoms with Gasteiger partial charge in [-0.05, 0) is 31.4 Å². The number of nitrogens with zero attached hydrogens (tertiary/aromatic N) is 3. The molecule has 1 aromatic heterocycles. The molecule has 26 heavy (non-hydrogen) atoms. The maximum atomic E-state index is 11.6. The monoisotopic (exact) mass is 393 g/mol. The summed E-state index contributed by atoms with van der Waals surface area (Å²) in [5.41, 5.74) is 4.27. The van der Waals surface area contributed by atoms with Crippen molar-refractivity contribution in [3.05, 3.63) is 51.3 Å². The number of amides is 2. The molecule has 0 bridgehead atoms. The minimum absolute atomic E-state index is 0.108. The molecule has 0 saturated heterocycles. The molecule has 1 fully saturated rings. The standard InChI is InChI=1S/C17H17Cl2N5O2/c1-10-13(8-20-22-17(26)16(25)21-12-6-7-12)15(19)24(23-10)9-11-4-2-3-5-14(11)18/h2-5,8,12H,6-7,9H2,1H3,(H,21,25)(H,22,26)/b20-8-. The maximum Gasteiger partial charge on any atom is 0.329 e. The van der Waals surface area contributed by atoms with E-state index in [4.69, 9.17) is 23.2 Å². The number of aryl methyl sites for hydroxylation is 1. The third-order valence-corrected chi connectivity index (χ3v) is 4.63. The number of halogens is 2. The highest BCUT2D eigenvalue weighted by atomic mass is 35.5. The summed E-state index contributed by atoms with van der Waals surface area (Å²) in [6.07, 6.45) is 3.18. The number of benzene rings is 1. The van der Waals surface area contributed by atoms with Gasteiger partial charge in [0.25, 0.3) is 0 Å². The Morgan fingerprint density at radius 2 is 2.04 bits per heavy atom. The van der Waals surface area contributed by atoms with Gasteiger partial charge in [-0.2, -0.15) is 10.2 Å². The fourth-order valence-electron chi connectivity index (χ4n) is 2.29. The zero-order chi connectivity index (χ0) is 18.7. The zero-order valence-corrected chi connectivity index (χ0v) is 15.5. The lowest BCUT2D eigenvalue weighted by Crippen LogP contribution is -2.38. The Morgan fingerprint density at radius 1 is 1.31 bits per heavy atom. The SMILES string of the molecule is Cc1nn(Cc2ccccc2Cl)c(Cl)c1/C=N\NC(=O)C(=O)NC1CC1. The molecule has 9 heteroatoms. The molecule has 2 N–H and O–H groups in total. The molecule has 1 aromatic carbocycles. The smallest absolute Gasteiger partial charge is 0.329 e. The molecule has 1 heterocycles. The third-order valence-electron chi connectivity index (χ3n) is 3.87. The van der Waals surface area contributed by atoms with Gasteiger partial charge in [0.1, 0.15) is 5.15 Å². The van der Waals surface area contributed by atoms with E-state index in [-0.39, 0.29) is 6.04 Å². The Hall–Kier alpha value is -2.38. The molecule has 7 nitrogen and oxygen atoms in total. The van der Waals surface area contributed by atoms with Crippen molar-refractivity contribution >= 4 is 41.2 Å². The second-order valence-electron chi connectivity index (χ2n) is 5.99. The highest BCUT2D eigenvalue weighted by Gasteiger charge is 2.26. The molecule has 0 unspecified atom stereocenters. The summed E-state index contributed by atoms with van der Waals surface area (Å²) in [7, 11) is 0. The Bertz CT molecular complexity index is 874. The van der Waals surface area contributed by atoms with Crippen molar-refractivity contribution in [2.75, 3.05) is 0 Å². The average molecular weight is 394 g/mol. The lowest BCUT2D eigenvalue weighted by Gasteiger charge is -2.05. The Labute approximate surface area is 160 Å². The van der Waals surface area contributed by atoms with Crippen molar-refractivity contribution in [3.63, 3.8) is 0 Å². The first kappa shape index (κ1) is 18.4. The summed E-state index contributed by atoms with van der Waals surface area (Å²) in [5.74, 6) is -1.51. The molecule has 1 saturated carbocycles. The third kappa shape index (κ3) is 4.42. The highest BCUT2D eigenvalue weighted by Crippen LogP contribution is 2.22. The summed E-state index contributed by atoms with van der Waals surface area (Å²) < 4.78 is 1.60. The summed E-state index contributed by atoms with van der Waals surface area (Å²) in [5, 5.41) is 11.7. The van der Waals surface area contributed by atoms with E-state index in [1.165, 1.54) is 6.21 Å². The number of hydrogen-bond acceptors (Lipinski definition) is 4. The van der Waals surface area contributed by atoms with Crippen LogP contribution in [0.5, 0.6) is 0 Å². The average Bonchev–Trinajstić information content (AvgIpc) is 3.38. The molecule has 1 aliphatic carbocycles. The van der Waals surface area contributed by atoms with Crippen LogP contribution >= 0.6 is 23.2 Å². The molecular formula is C17H17Cl2N5O2. The Kier molecular flexibility index (Phi) is 5.58. The number of nitrogens with one attached hydrogen (secondary N) is 2. The van der Waals surface area contributed by atoms with Gasteiger partial charge < -0.3 is 5.32 Å². The minimum Gasteiger partial charge on any atom is -0.345 e. The number of carbonyl (C=O) groups is 2. The first-order chi connectivity index (χ1) is 12.5. The van der Waals surface area contributed by atoms with Crippen LogP contribution in [0.25, 0.3) is 0 Å². The largest absolute Gasteiger partial charge is 0.345 e. The summed E-state index contributed by atoms with van der Waals surface area (Å²) in [6, 6.07) is 7.53. The minimum atomic E-state index is -0.814. The molecule has 1 aliphatic rings. The van der Waals surface area contributed by atoms with Crippen LogP contribution in [0.3, 0.4) is 0 Å². The molecular weight excluding hydrogens is 377 g/mol. The highest BCUT2D eigenvalue weighted by molar-refractivity contribution is 6.35. The lowest BCUT2D eigenvalue weighted by molar-refractivity contribution is -0.139. The van der Waals surface area contributed by atoms with Gasteiger partial charge >= 0.3 is 11.8 Å². The molecule has 0 atom stereocenters. The van der Waals surface area contributed by atoms with E-state index < -0.39 is 11.8 Å². The predicted octanol–water partition coefficient (Wildman–Crippen LogP) is 2.28. The van der Waals surface area contributed by atoms with Crippen molar-refractivity contribution in [1.82, 2.24) is 20.5 Å². The van der Waals surface area contributed by atoms with Gasteiger partial charge in [-0.15, -0.1) is 0 Å². The molecule has 0 spiro atoms. The van der Waals surface area contributed by atoms with Gasteiger partial charge in [0.15, 0.2) is 0 Å². The summed E-state index contributed by atoms with van der Waals surface area (Å²) in [6.45, 7) is 2.18. The molecule has 2 aromatic rings. The second-order valence-corrected chi connectivity index (χ2v) is 6.75. The quantitative estimate of drug-likeness (QED) is 0.463. The fourth-order valence-corrected chi connectivity index (χ4v) is 2.77. The van der Waals surface area contributed by atoms with E-state index in [0.29, 0.717) is 28.0 Å². The first-order valence-corrected chi connectivity index (χ1v) is 8.81. The van der Waals surface area contributed by atoms with Crippen molar-refractivity contribution in [1.29, 1.82) is 0 Å². The van der Waals surface area contributed by atoms with Gasteiger partial charge in [-0.3, -0.25) is 9.59 Å². The molecule has 0 aliphatic heterocycles. The fraction of sp³-hybridized carbons (Fsp3) is 0.294. The van der Waals surface area contributed by atoms with Crippen LogP contribution in [0.15, 0.2) is 29.4 Å². The molecule has 3 rings (SSSR count). The summed E-state index contributed by atoms with van der Waals surface area (Å²) in [4.78, 5) is 23.2. The normalized spacial score (nSPS) is 13.8. The number of aromatic nitrogens is 2. The van der Waals surface area contributed by atoms with Gasteiger partial charge in [0.05, 0.1) is 24.0 Å². The number of hydrazone groups is 1. The van der Waals surface area contributed by atoms with Crippen molar-refractivity contribution in [2.24, 2.45) is 5.10 Å². The molecule has 2 amide bonds. The van der Waals surface area contributed by atoms with Gasteiger partial charge in [-0.1, -0.05) is 41.4 Å². The van der Waals surface area contributed by atoms with Crippen LogP contribution < -0.4 is 10.7 Å². The van der Waals surface area contributed by atoms with E-state index in [1.807, 2.05) is 18.2 Å². The van der Waals surface area contributed by atoms with Crippen molar-refractivity contribution in [2.45, 2.75) is 32.4 Å². The number of rotatable bonds is 5. The maximum absolute atomic E-state index is 11.6. The Balaban J connectivity index is 1.66. The molecule has 0 radical (unpaired) electrons. The van der Waals surface area contributed by atoms with E-state index in [0.717, 1.165) is 18.4 Å². The lowest BCUT2D eigenvalue weighted by atomic mass is 10.2. The molecule has 136 valence electrons. The van der Waals surface area contributed by atoms with E-state index in [2.05, 4.69) is 20.9 Å². The second kappa shape index (κ2) is 7.88. The zero-order valence-electron chi connectivity index (χ0n) is 14.0. The van der Waals surface area contributed by atoms with E-state index in [9.17, 15) is 9.59 Å².